The molecule has 182 valence electrons. The van der Waals surface area contributed by atoms with Crippen molar-refractivity contribution >= 4 is 35.6 Å². The molecule has 0 bridgehead atoms. The van der Waals surface area contributed by atoms with Crippen LogP contribution in [0.2, 0.25) is 0 Å². The molecule has 1 aliphatic rings. The van der Waals surface area contributed by atoms with Gasteiger partial charge in [0.15, 0.2) is 11.5 Å². The molecule has 0 unspecified atom stereocenters. The fraction of sp³-hybridized carbons (Fsp3) is 0.111. The maximum atomic E-state index is 13.1. The highest BCUT2D eigenvalue weighted by Crippen LogP contribution is 2.31. The van der Waals surface area contributed by atoms with Crippen LogP contribution in [-0.4, -0.2) is 38.0 Å². The third-order valence-electron chi connectivity index (χ3n) is 5.49. The largest absolute Gasteiger partial charge is 0.497 e. The number of barbiturate groups is 1. The summed E-state index contributed by atoms with van der Waals surface area (Å²) in [7, 11) is 2.92. The van der Waals surface area contributed by atoms with Gasteiger partial charge in [-0.15, -0.1) is 0 Å². The quantitative estimate of drug-likeness (QED) is 0.243. The number of urea groups is 1. The number of aryl methyl sites for hydroxylation is 1. The third kappa shape index (κ3) is 4.80. The Morgan fingerprint density at radius 1 is 0.889 bits per heavy atom. The normalized spacial score (nSPS) is 14.5. The van der Waals surface area contributed by atoms with Gasteiger partial charge in [-0.25, -0.2) is 14.5 Å². The van der Waals surface area contributed by atoms with Crippen LogP contribution in [0.15, 0.2) is 72.3 Å². The van der Waals surface area contributed by atoms with Gasteiger partial charge in [0.1, 0.15) is 11.3 Å². The lowest BCUT2D eigenvalue weighted by atomic mass is 10.1. The minimum atomic E-state index is -0.824. The van der Waals surface area contributed by atoms with Crippen molar-refractivity contribution in [2.45, 2.75) is 6.92 Å². The predicted octanol–water partition coefficient (Wildman–Crippen LogP) is 3.90. The highest BCUT2D eigenvalue weighted by atomic mass is 16.6. The van der Waals surface area contributed by atoms with Crippen LogP contribution in [0.1, 0.15) is 21.5 Å². The van der Waals surface area contributed by atoms with Gasteiger partial charge in [0, 0.05) is 0 Å². The summed E-state index contributed by atoms with van der Waals surface area (Å²) in [4.78, 5) is 51.5. The zero-order chi connectivity index (χ0) is 25.8. The molecule has 0 radical (unpaired) electrons. The molecule has 0 aromatic heterocycles. The number of para-hydroxylation sites is 1. The van der Waals surface area contributed by atoms with Crippen molar-refractivity contribution in [3.8, 4) is 17.2 Å². The Morgan fingerprint density at radius 2 is 1.61 bits per heavy atom. The van der Waals surface area contributed by atoms with Crippen molar-refractivity contribution in [3.63, 3.8) is 0 Å². The standard InChI is InChI=1S/C27H22N2O7/c1-16-6-4-5-7-21(16)29-25(31)20(24(30)28-27(29)33)14-17-8-13-22(23(15-17)35-3)36-26(32)18-9-11-19(34-2)12-10-18/h4-15H,1-3H3,(H,28,30,33)/b20-14+. The summed E-state index contributed by atoms with van der Waals surface area (Å²) >= 11 is 0. The zero-order valence-corrected chi connectivity index (χ0v) is 19.7. The minimum Gasteiger partial charge on any atom is -0.497 e. The summed E-state index contributed by atoms with van der Waals surface area (Å²) in [6.07, 6.45) is 1.34. The summed E-state index contributed by atoms with van der Waals surface area (Å²) in [5, 5.41) is 2.20. The van der Waals surface area contributed by atoms with Gasteiger partial charge in [-0.1, -0.05) is 24.3 Å². The number of hydrogen-bond acceptors (Lipinski definition) is 7. The molecule has 0 aliphatic carbocycles. The third-order valence-corrected chi connectivity index (χ3v) is 5.49. The molecule has 4 amide bonds. The number of carbonyl (C=O) groups excluding carboxylic acids is 4. The Bertz CT molecular complexity index is 1390. The number of imide groups is 2. The van der Waals surface area contributed by atoms with Crippen LogP contribution >= 0.6 is 0 Å². The first-order valence-corrected chi connectivity index (χ1v) is 10.8. The van der Waals surface area contributed by atoms with Crippen LogP contribution in [-0.2, 0) is 9.59 Å². The number of ether oxygens (including phenoxy) is 3. The Morgan fingerprint density at radius 3 is 2.28 bits per heavy atom. The first-order chi connectivity index (χ1) is 17.3. The van der Waals surface area contributed by atoms with Gasteiger partial charge < -0.3 is 14.2 Å². The van der Waals surface area contributed by atoms with E-state index in [-0.39, 0.29) is 17.1 Å². The zero-order valence-electron chi connectivity index (χ0n) is 19.7. The van der Waals surface area contributed by atoms with Gasteiger partial charge in [0.05, 0.1) is 25.5 Å². The topological polar surface area (TPSA) is 111 Å². The van der Waals surface area contributed by atoms with Gasteiger partial charge in [-0.3, -0.25) is 14.9 Å². The average molecular weight is 486 g/mol. The van der Waals surface area contributed by atoms with Crippen molar-refractivity contribution in [3.05, 3.63) is 89.0 Å². The van der Waals surface area contributed by atoms with Gasteiger partial charge in [-0.2, -0.15) is 0 Å². The molecule has 0 spiro atoms. The summed E-state index contributed by atoms with van der Waals surface area (Å²) in [5.74, 6) is -1.21. The van der Waals surface area contributed by atoms with E-state index < -0.39 is 23.8 Å². The monoisotopic (exact) mass is 486 g/mol. The van der Waals surface area contributed by atoms with Gasteiger partial charge in [-0.05, 0) is 66.6 Å². The Kier molecular flexibility index (Phi) is 6.82. The summed E-state index contributed by atoms with van der Waals surface area (Å²) < 4.78 is 15.9. The second kappa shape index (κ2) is 10.1. The molecule has 1 N–H and O–H groups in total. The van der Waals surface area contributed by atoms with E-state index in [2.05, 4.69) is 5.32 Å². The lowest BCUT2D eigenvalue weighted by Gasteiger charge is -2.27. The number of hydrogen-bond donors (Lipinski definition) is 1. The number of anilines is 1. The fourth-order valence-corrected chi connectivity index (χ4v) is 3.60. The number of esters is 1. The second-order valence-corrected chi connectivity index (χ2v) is 7.77. The number of nitrogens with one attached hydrogen (secondary N) is 1. The first kappa shape index (κ1) is 24.2. The lowest BCUT2D eigenvalue weighted by Crippen LogP contribution is -2.54. The van der Waals surface area contributed by atoms with E-state index in [1.807, 2.05) is 0 Å². The molecule has 36 heavy (non-hydrogen) atoms. The molecule has 1 aliphatic heterocycles. The van der Waals surface area contributed by atoms with Crippen molar-refractivity contribution in [1.82, 2.24) is 5.32 Å². The van der Waals surface area contributed by atoms with Crippen molar-refractivity contribution in [2.75, 3.05) is 19.1 Å². The number of carbonyl (C=O) groups is 4. The Hall–Kier alpha value is -4.92. The van der Waals surface area contributed by atoms with Crippen molar-refractivity contribution < 1.29 is 33.4 Å². The lowest BCUT2D eigenvalue weighted by molar-refractivity contribution is -0.122. The van der Waals surface area contributed by atoms with E-state index in [1.165, 1.54) is 32.4 Å². The SMILES string of the molecule is COc1ccc(C(=O)Oc2ccc(/C=C3\C(=O)NC(=O)N(c4ccccc4C)C3=O)cc2OC)cc1. The smallest absolute Gasteiger partial charge is 0.343 e. The van der Waals surface area contributed by atoms with Gasteiger partial charge in [0.25, 0.3) is 11.8 Å². The summed E-state index contributed by atoms with van der Waals surface area (Å²) in [6.45, 7) is 1.76. The molecule has 3 aromatic rings. The highest BCUT2D eigenvalue weighted by molar-refractivity contribution is 6.39. The average Bonchev–Trinajstić information content (AvgIpc) is 2.88. The number of amides is 4. The fourth-order valence-electron chi connectivity index (χ4n) is 3.60. The van der Waals surface area contributed by atoms with E-state index in [0.29, 0.717) is 28.1 Å². The van der Waals surface area contributed by atoms with Crippen LogP contribution in [0.4, 0.5) is 10.5 Å². The van der Waals surface area contributed by atoms with Crippen LogP contribution in [0, 0.1) is 6.92 Å². The molecule has 1 heterocycles. The van der Waals surface area contributed by atoms with Crippen molar-refractivity contribution in [1.29, 1.82) is 0 Å². The van der Waals surface area contributed by atoms with Crippen LogP contribution < -0.4 is 24.4 Å². The first-order valence-electron chi connectivity index (χ1n) is 10.8. The van der Waals surface area contributed by atoms with E-state index in [0.717, 1.165) is 4.90 Å². The van der Waals surface area contributed by atoms with E-state index in [9.17, 15) is 19.2 Å². The van der Waals surface area contributed by atoms with E-state index in [1.54, 1.807) is 61.5 Å². The summed E-state index contributed by atoms with van der Waals surface area (Å²) in [6, 6.07) is 17.0. The Balaban J connectivity index is 1.61. The molecule has 4 rings (SSSR count). The van der Waals surface area contributed by atoms with E-state index in [4.69, 9.17) is 14.2 Å². The van der Waals surface area contributed by atoms with E-state index >= 15 is 0 Å². The number of rotatable bonds is 6. The summed E-state index contributed by atoms with van der Waals surface area (Å²) in [5.41, 5.74) is 1.57. The number of nitrogens with zero attached hydrogens (tertiary/aromatic N) is 1. The molecule has 3 aromatic carbocycles. The Labute approximate surface area is 206 Å². The molecule has 1 saturated heterocycles. The maximum Gasteiger partial charge on any atom is 0.343 e. The minimum absolute atomic E-state index is 0.150. The number of methoxy groups -OCH3 is 2. The van der Waals surface area contributed by atoms with Crippen LogP contribution in [0.5, 0.6) is 17.2 Å². The predicted molar refractivity (Wildman–Crippen MR) is 131 cm³/mol. The molecule has 1 fully saturated rings. The van der Waals surface area contributed by atoms with Gasteiger partial charge >= 0.3 is 12.0 Å². The molecule has 0 saturated carbocycles. The number of benzene rings is 3. The molecule has 0 atom stereocenters. The molecule has 9 nitrogen and oxygen atoms in total. The second-order valence-electron chi connectivity index (χ2n) is 7.77. The maximum absolute atomic E-state index is 13.1. The van der Waals surface area contributed by atoms with Crippen LogP contribution in [0.25, 0.3) is 6.08 Å². The molecular formula is C27H22N2O7. The molecule has 9 heteroatoms. The van der Waals surface area contributed by atoms with Crippen molar-refractivity contribution in [2.24, 2.45) is 0 Å². The molecular weight excluding hydrogens is 464 g/mol. The van der Waals surface area contributed by atoms with Gasteiger partial charge in [0.2, 0.25) is 0 Å². The highest BCUT2D eigenvalue weighted by Gasteiger charge is 2.37. The van der Waals surface area contributed by atoms with Crippen LogP contribution in [0.3, 0.4) is 0 Å².